The number of rotatable bonds is 4. The average Bonchev–Trinajstić information content (AvgIpc) is 3.40. The van der Waals surface area contributed by atoms with Gasteiger partial charge in [0.05, 0.1) is 17.6 Å². The number of hydrogen-bond donors (Lipinski definition) is 3. The minimum absolute atomic E-state index is 0.111. The molecule has 1 aromatic carbocycles. The molecule has 1 amide bonds. The van der Waals surface area contributed by atoms with Crippen molar-refractivity contribution in [3.8, 4) is 11.0 Å². The summed E-state index contributed by atoms with van der Waals surface area (Å²) in [5.74, 6) is -0.196. The van der Waals surface area contributed by atoms with Crippen molar-refractivity contribution in [3.05, 3.63) is 60.0 Å². The molecule has 0 bridgehead atoms. The minimum Gasteiger partial charge on any atom is -0.494 e. The summed E-state index contributed by atoms with van der Waals surface area (Å²) in [4.78, 5) is 23.7. The highest BCUT2D eigenvalue weighted by atomic mass is 32.1. The van der Waals surface area contributed by atoms with Gasteiger partial charge in [0.1, 0.15) is 5.69 Å². The lowest BCUT2D eigenvalue weighted by atomic mass is 10.2. The number of anilines is 2. The molecular weight excluding hydrogens is 400 g/mol. The second-order valence-corrected chi connectivity index (χ2v) is 7.85. The van der Waals surface area contributed by atoms with Gasteiger partial charge in [-0.05, 0) is 12.1 Å². The molecule has 0 spiro atoms. The molecule has 0 atom stereocenters. The summed E-state index contributed by atoms with van der Waals surface area (Å²) in [7, 11) is 0. The van der Waals surface area contributed by atoms with Gasteiger partial charge in [0.2, 0.25) is 5.88 Å². The fourth-order valence-corrected chi connectivity index (χ4v) is 4.40. The van der Waals surface area contributed by atoms with Crippen molar-refractivity contribution >= 4 is 39.4 Å². The Bertz CT molecular complexity index is 1210. The van der Waals surface area contributed by atoms with Crippen LogP contribution >= 0.6 is 11.3 Å². The van der Waals surface area contributed by atoms with Gasteiger partial charge in [0.15, 0.2) is 5.13 Å². The summed E-state index contributed by atoms with van der Waals surface area (Å²) in [5.41, 5.74) is 1.90. The average molecular weight is 420 g/mol. The third-order valence-electron chi connectivity index (χ3n) is 5.13. The predicted octanol–water partition coefficient (Wildman–Crippen LogP) is 2.85. The van der Waals surface area contributed by atoms with Crippen LogP contribution in [-0.4, -0.2) is 51.7 Å². The Hall–Kier alpha value is -3.43. The molecule has 0 aliphatic carbocycles. The molecule has 152 valence electrons. The second-order valence-electron chi connectivity index (χ2n) is 7.01. The first-order chi connectivity index (χ1) is 14.7. The Morgan fingerprint density at radius 1 is 1.20 bits per heavy atom. The molecular formula is C21H20N6O2S. The zero-order valence-electron chi connectivity index (χ0n) is 16.1. The number of aromatic hydroxyl groups is 1. The Morgan fingerprint density at radius 3 is 2.87 bits per heavy atom. The van der Waals surface area contributed by atoms with Crippen molar-refractivity contribution in [2.45, 2.75) is 0 Å². The number of aromatic nitrogens is 3. The van der Waals surface area contributed by atoms with Crippen LogP contribution in [0.1, 0.15) is 10.5 Å². The van der Waals surface area contributed by atoms with E-state index in [0.29, 0.717) is 16.5 Å². The monoisotopic (exact) mass is 420 g/mol. The number of nitrogens with one attached hydrogen (secondary N) is 2. The van der Waals surface area contributed by atoms with Crippen molar-refractivity contribution < 1.29 is 9.90 Å². The van der Waals surface area contributed by atoms with E-state index in [4.69, 9.17) is 0 Å². The number of carbonyl (C=O) groups excluding carboxylic acids is 1. The van der Waals surface area contributed by atoms with E-state index in [0.717, 1.165) is 42.6 Å². The lowest BCUT2D eigenvalue weighted by molar-refractivity contribution is 0.102. The highest BCUT2D eigenvalue weighted by Gasteiger charge is 2.19. The number of nitrogens with zero attached hydrogens (tertiary/aromatic N) is 4. The van der Waals surface area contributed by atoms with Crippen LogP contribution in [0.25, 0.3) is 15.9 Å². The third-order valence-corrected chi connectivity index (χ3v) is 5.97. The van der Waals surface area contributed by atoms with Gasteiger partial charge in [0, 0.05) is 54.7 Å². The van der Waals surface area contributed by atoms with Crippen molar-refractivity contribution in [1.82, 2.24) is 19.9 Å². The van der Waals surface area contributed by atoms with E-state index >= 15 is 0 Å². The maximum atomic E-state index is 12.9. The molecule has 0 saturated carbocycles. The van der Waals surface area contributed by atoms with Crippen molar-refractivity contribution in [3.63, 3.8) is 0 Å². The maximum Gasteiger partial charge on any atom is 0.275 e. The molecule has 1 aliphatic rings. The number of fused-ring (bicyclic) bond motifs is 1. The van der Waals surface area contributed by atoms with E-state index in [1.54, 1.807) is 22.3 Å². The third kappa shape index (κ3) is 3.38. The lowest BCUT2D eigenvalue weighted by Crippen LogP contribution is -2.43. The molecule has 0 radical (unpaired) electrons. The van der Waals surface area contributed by atoms with Gasteiger partial charge in [-0.1, -0.05) is 18.2 Å². The molecule has 3 aromatic heterocycles. The molecule has 1 aliphatic heterocycles. The van der Waals surface area contributed by atoms with E-state index in [2.05, 4.69) is 25.5 Å². The van der Waals surface area contributed by atoms with Gasteiger partial charge in [0.25, 0.3) is 5.91 Å². The van der Waals surface area contributed by atoms with E-state index in [1.807, 2.05) is 36.5 Å². The summed E-state index contributed by atoms with van der Waals surface area (Å²) in [6.07, 6.45) is 5.20. The first-order valence-corrected chi connectivity index (χ1v) is 10.5. The van der Waals surface area contributed by atoms with E-state index in [1.165, 1.54) is 11.3 Å². The Kier molecular flexibility index (Phi) is 4.82. The number of piperazine rings is 1. The number of thiazole rings is 1. The Morgan fingerprint density at radius 2 is 2.03 bits per heavy atom. The molecule has 5 rings (SSSR count). The van der Waals surface area contributed by atoms with Crippen LogP contribution in [0.5, 0.6) is 5.88 Å². The predicted molar refractivity (Wildman–Crippen MR) is 118 cm³/mol. The molecule has 4 aromatic rings. The van der Waals surface area contributed by atoms with Gasteiger partial charge in [-0.3, -0.25) is 14.3 Å². The smallest absolute Gasteiger partial charge is 0.275 e. The molecule has 3 N–H and O–H groups in total. The van der Waals surface area contributed by atoms with E-state index in [-0.39, 0.29) is 11.8 Å². The fraction of sp³-hybridized carbons (Fsp3) is 0.190. The zero-order chi connectivity index (χ0) is 20.5. The minimum atomic E-state index is -0.307. The number of amides is 1. The first kappa shape index (κ1) is 18.6. The highest BCUT2D eigenvalue weighted by molar-refractivity contribution is 7.12. The van der Waals surface area contributed by atoms with Crippen molar-refractivity contribution in [1.29, 1.82) is 0 Å². The highest BCUT2D eigenvalue weighted by Crippen LogP contribution is 2.31. The lowest BCUT2D eigenvalue weighted by Gasteiger charge is -2.30. The first-order valence-electron chi connectivity index (χ1n) is 9.67. The zero-order valence-corrected chi connectivity index (χ0v) is 16.9. The molecule has 4 heterocycles. The van der Waals surface area contributed by atoms with Crippen LogP contribution in [-0.2, 0) is 0 Å². The van der Waals surface area contributed by atoms with Crippen LogP contribution in [0.4, 0.5) is 11.4 Å². The van der Waals surface area contributed by atoms with Crippen molar-refractivity contribution in [2.24, 2.45) is 0 Å². The molecule has 9 heteroatoms. The van der Waals surface area contributed by atoms with Gasteiger partial charge < -0.3 is 20.6 Å². The molecule has 8 nitrogen and oxygen atoms in total. The van der Waals surface area contributed by atoms with Gasteiger partial charge in [-0.2, -0.15) is 0 Å². The Labute approximate surface area is 176 Å². The van der Waals surface area contributed by atoms with Gasteiger partial charge >= 0.3 is 0 Å². The molecule has 1 fully saturated rings. The van der Waals surface area contributed by atoms with Crippen LogP contribution in [0, 0.1) is 0 Å². The standard InChI is InChI=1S/C21H20N6O2S/c28-19(24-16-11-23-6-5-18(16)26-9-7-22-8-10-26)17-13-30-21(25-17)27-12-14-3-1-2-4-15(14)20(27)29/h1-6,11-13,22,29H,7-10H2,(H,24,28). The molecule has 1 saturated heterocycles. The summed E-state index contributed by atoms with van der Waals surface area (Å²) in [6.45, 7) is 3.54. The normalized spacial score (nSPS) is 14.2. The number of hydrogen-bond acceptors (Lipinski definition) is 7. The van der Waals surface area contributed by atoms with E-state index in [9.17, 15) is 9.90 Å². The number of carbonyl (C=O) groups is 1. The van der Waals surface area contributed by atoms with Crippen LogP contribution in [0.15, 0.2) is 54.3 Å². The summed E-state index contributed by atoms with van der Waals surface area (Å²) < 4.78 is 1.60. The van der Waals surface area contributed by atoms with Gasteiger partial charge in [-0.15, -0.1) is 11.3 Å². The van der Waals surface area contributed by atoms with Crippen molar-refractivity contribution in [2.75, 3.05) is 36.4 Å². The summed E-state index contributed by atoms with van der Waals surface area (Å²) in [6, 6.07) is 9.47. The Balaban J connectivity index is 1.39. The van der Waals surface area contributed by atoms with Gasteiger partial charge in [-0.25, -0.2) is 4.98 Å². The summed E-state index contributed by atoms with van der Waals surface area (Å²) >= 11 is 1.30. The number of pyridine rings is 1. The number of benzene rings is 1. The largest absolute Gasteiger partial charge is 0.494 e. The molecule has 30 heavy (non-hydrogen) atoms. The quantitative estimate of drug-likeness (QED) is 0.470. The molecule has 0 unspecified atom stereocenters. The summed E-state index contributed by atoms with van der Waals surface area (Å²) in [5, 5.41) is 20.7. The van der Waals surface area contributed by atoms with E-state index < -0.39 is 0 Å². The van der Waals surface area contributed by atoms with Crippen LogP contribution < -0.4 is 15.5 Å². The van der Waals surface area contributed by atoms with Crippen LogP contribution in [0.3, 0.4) is 0 Å². The SMILES string of the molecule is O=C(Nc1cnccc1N1CCNCC1)c1csc(-n2cc3ccccc3c2O)n1. The second kappa shape index (κ2) is 7.77. The fourth-order valence-electron chi connectivity index (χ4n) is 3.62. The topological polar surface area (TPSA) is 95.3 Å². The van der Waals surface area contributed by atoms with Crippen LogP contribution in [0.2, 0.25) is 0 Å². The maximum absolute atomic E-state index is 12.9.